The lowest BCUT2D eigenvalue weighted by Crippen LogP contribution is -2.25. The second-order valence-corrected chi connectivity index (χ2v) is 7.08. The third-order valence-corrected chi connectivity index (χ3v) is 4.87. The number of ether oxygens (including phenoxy) is 1. The summed E-state index contributed by atoms with van der Waals surface area (Å²) in [6.45, 7) is 0.166. The quantitative estimate of drug-likeness (QED) is 0.486. The Morgan fingerprint density at radius 1 is 0.970 bits per heavy atom. The van der Waals surface area contributed by atoms with Gasteiger partial charge in [-0.15, -0.1) is 0 Å². The number of para-hydroxylation sites is 1. The number of benzene rings is 3. The minimum atomic E-state index is -4.79. The molecule has 1 aliphatic heterocycles. The van der Waals surface area contributed by atoms with E-state index in [2.05, 4.69) is 11.2 Å². The molecule has 164 valence electrons. The molecule has 0 aliphatic carbocycles. The van der Waals surface area contributed by atoms with E-state index in [4.69, 9.17) is 10.00 Å². The maximum atomic E-state index is 13.6. The van der Waals surface area contributed by atoms with E-state index < -0.39 is 23.4 Å². The van der Waals surface area contributed by atoms with Gasteiger partial charge in [-0.1, -0.05) is 48.5 Å². The lowest BCUT2D eigenvalue weighted by atomic mass is 10.1. The highest BCUT2D eigenvalue weighted by Gasteiger charge is 2.46. The molecule has 0 radical (unpaired) electrons. The van der Waals surface area contributed by atoms with Gasteiger partial charge in [0, 0.05) is 5.56 Å². The summed E-state index contributed by atoms with van der Waals surface area (Å²) in [7, 11) is 0. The molecule has 33 heavy (non-hydrogen) atoms. The van der Waals surface area contributed by atoms with Gasteiger partial charge in [0.05, 0.1) is 22.9 Å². The number of carbonyl (C=O) groups excluding carboxylic acids is 1. The van der Waals surface area contributed by atoms with Crippen LogP contribution in [-0.2, 0) is 11.4 Å². The molecule has 0 unspecified atom stereocenters. The first-order chi connectivity index (χ1) is 15.9. The lowest BCUT2D eigenvalue weighted by molar-refractivity contribution is -0.114. The Morgan fingerprint density at radius 3 is 2.30 bits per heavy atom. The maximum Gasteiger partial charge on any atom is 0.435 e. The summed E-state index contributed by atoms with van der Waals surface area (Å²) in [5, 5.41) is 13.4. The fourth-order valence-corrected chi connectivity index (χ4v) is 3.24. The van der Waals surface area contributed by atoms with Crippen LogP contribution in [0.3, 0.4) is 0 Å². The van der Waals surface area contributed by atoms with Gasteiger partial charge in [0.25, 0.3) is 5.91 Å². The van der Waals surface area contributed by atoms with Crippen molar-refractivity contribution in [2.24, 2.45) is 5.10 Å². The normalized spacial score (nSPS) is 14.8. The Morgan fingerprint density at radius 2 is 1.64 bits per heavy atom. The number of rotatable bonds is 5. The summed E-state index contributed by atoms with van der Waals surface area (Å²) in [6.07, 6.45) is -3.63. The van der Waals surface area contributed by atoms with E-state index in [1.54, 1.807) is 66.7 Å². The van der Waals surface area contributed by atoms with Crippen molar-refractivity contribution in [2.45, 2.75) is 12.8 Å². The first-order valence-corrected chi connectivity index (χ1v) is 9.85. The highest BCUT2D eigenvalue weighted by molar-refractivity contribution is 6.34. The molecular weight excluding hydrogens is 431 g/mol. The van der Waals surface area contributed by atoms with Gasteiger partial charge in [-0.25, -0.2) is 0 Å². The minimum absolute atomic E-state index is 0.166. The van der Waals surface area contributed by atoms with Crippen molar-refractivity contribution in [1.82, 2.24) is 0 Å². The molecule has 0 bridgehead atoms. The van der Waals surface area contributed by atoms with Crippen molar-refractivity contribution >= 4 is 23.4 Å². The van der Waals surface area contributed by atoms with Gasteiger partial charge >= 0.3 is 6.18 Å². The van der Waals surface area contributed by atoms with Gasteiger partial charge in [-0.05, 0) is 42.0 Å². The number of hydrogen-bond donors (Lipinski definition) is 0. The van der Waals surface area contributed by atoms with Crippen molar-refractivity contribution in [3.8, 4) is 11.8 Å². The number of nitriles is 1. The second kappa shape index (κ2) is 9.01. The lowest BCUT2D eigenvalue weighted by Gasteiger charge is -2.11. The molecule has 3 aromatic carbocycles. The second-order valence-electron chi connectivity index (χ2n) is 7.08. The molecule has 0 spiro atoms. The van der Waals surface area contributed by atoms with Crippen LogP contribution in [0.1, 0.15) is 16.7 Å². The van der Waals surface area contributed by atoms with Crippen molar-refractivity contribution in [2.75, 3.05) is 5.01 Å². The molecule has 3 aromatic rings. The Bertz CT molecular complexity index is 1270. The zero-order valence-corrected chi connectivity index (χ0v) is 17.1. The molecule has 0 atom stereocenters. The van der Waals surface area contributed by atoms with Crippen LogP contribution in [0.4, 0.5) is 18.9 Å². The number of halogens is 3. The van der Waals surface area contributed by atoms with Gasteiger partial charge in [-0.3, -0.25) is 4.79 Å². The number of hydrazone groups is 1. The van der Waals surface area contributed by atoms with Crippen molar-refractivity contribution < 1.29 is 22.7 Å². The summed E-state index contributed by atoms with van der Waals surface area (Å²) >= 11 is 0. The molecule has 1 heterocycles. The van der Waals surface area contributed by atoms with Crippen LogP contribution in [0.15, 0.2) is 89.5 Å². The van der Waals surface area contributed by atoms with E-state index in [1.807, 2.05) is 0 Å². The number of anilines is 1. The predicted molar refractivity (Wildman–Crippen MR) is 117 cm³/mol. The van der Waals surface area contributed by atoms with E-state index in [9.17, 15) is 18.0 Å². The largest absolute Gasteiger partial charge is 0.489 e. The van der Waals surface area contributed by atoms with Gasteiger partial charge in [0.15, 0.2) is 5.71 Å². The molecule has 1 aliphatic rings. The van der Waals surface area contributed by atoms with Gasteiger partial charge < -0.3 is 4.74 Å². The van der Waals surface area contributed by atoms with Crippen LogP contribution in [0, 0.1) is 11.3 Å². The number of hydrogen-bond acceptors (Lipinski definition) is 4. The van der Waals surface area contributed by atoms with E-state index in [1.165, 1.54) is 12.1 Å². The molecule has 5 nitrogen and oxygen atoms in total. The first kappa shape index (κ1) is 21.8. The SMILES string of the molecule is N#Cc1ccccc1COc1ccc(/C=C2\C(=O)N(c3ccccc3)N=C2C(F)(F)F)cc1. The molecule has 4 rings (SSSR count). The highest BCUT2D eigenvalue weighted by Crippen LogP contribution is 2.32. The number of amides is 1. The summed E-state index contributed by atoms with van der Waals surface area (Å²) in [6, 6.07) is 23.3. The van der Waals surface area contributed by atoms with Gasteiger partial charge in [0.1, 0.15) is 12.4 Å². The standard InChI is InChI=1S/C25H16F3N3O2/c26-25(27,28)23-22(24(32)31(30-23)20-8-2-1-3-9-20)14-17-10-12-21(13-11-17)33-16-19-7-5-4-6-18(19)15-29/h1-14H,16H2/b22-14-. The Hall–Kier alpha value is -4.38. The molecule has 0 saturated carbocycles. The molecular formula is C25H16F3N3O2. The smallest absolute Gasteiger partial charge is 0.435 e. The monoisotopic (exact) mass is 447 g/mol. The zero-order chi connectivity index (χ0) is 23.4. The number of alkyl halides is 3. The molecule has 8 heteroatoms. The van der Waals surface area contributed by atoms with Crippen LogP contribution < -0.4 is 9.75 Å². The van der Waals surface area contributed by atoms with Crippen LogP contribution in [0.5, 0.6) is 5.75 Å². The Labute approximate surface area is 187 Å². The highest BCUT2D eigenvalue weighted by atomic mass is 19.4. The predicted octanol–water partition coefficient (Wildman–Crippen LogP) is 5.49. The molecule has 0 saturated heterocycles. The molecule has 1 amide bonds. The van der Waals surface area contributed by atoms with Crippen molar-refractivity contribution in [3.63, 3.8) is 0 Å². The maximum absolute atomic E-state index is 13.6. The van der Waals surface area contributed by atoms with Gasteiger partial charge in [0.2, 0.25) is 0 Å². The Balaban J connectivity index is 1.55. The fraction of sp³-hybridized carbons (Fsp3) is 0.0800. The van der Waals surface area contributed by atoms with E-state index >= 15 is 0 Å². The first-order valence-electron chi connectivity index (χ1n) is 9.85. The third-order valence-electron chi connectivity index (χ3n) is 4.87. The third kappa shape index (κ3) is 4.77. The van der Waals surface area contributed by atoms with Crippen LogP contribution in [-0.4, -0.2) is 17.8 Å². The summed E-state index contributed by atoms with van der Waals surface area (Å²) in [4.78, 5) is 12.7. The van der Waals surface area contributed by atoms with Crippen molar-refractivity contribution in [1.29, 1.82) is 5.26 Å². The molecule has 0 N–H and O–H groups in total. The summed E-state index contributed by atoms with van der Waals surface area (Å²) in [5.74, 6) is -0.389. The average molecular weight is 447 g/mol. The fourth-order valence-electron chi connectivity index (χ4n) is 3.24. The summed E-state index contributed by atoms with van der Waals surface area (Å²) in [5.41, 5.74) is 0.0621. The van der Waals surface area contributed by atoms with Crippen LogP contribution >= 0.6 is 0 Å². The summed E-state index contributed by atoms with van der Waals surface area (Å²) < 4.78 is 46.4. The Kier molecular flexibility index (Phi) is 5.96. The van der Waals surface area contributed by atoms with E-state index in [0.29, 0.717) is 16.9 Å². The van der Waals surface area contributed by atoms with Crippen LogP contribution in [0.25, 0.3) is 6.08 Å². The van der Waals surface area contributed by atoms with Gasteiger partial charge in [-0.2, -0.15) is 28.5 Å². The number of nitrogens with zero attached hydrogens (tertiary/aromatic N) is 3. The van der Waals surface area contributed by atoms with E-state index in [0.717, 1.165) is 16.6 Å². The molecule has 0 fully saturated rings. The topological polar surface area (TPSA) is 65.7 Å². The minimum Gasteiger partial charge on any atom is -0.489 e. The zero-order valence-electron chi connectivity index (χ0n) is 17.1. The number of carbonyl (C=O) groups is 1. The van der Waals surface area contributed by atoms with E-state index in [-0.39, 0.29) is 12.3 Å². The van der Waals surface area contributed by atoms with Crippen LogP contribution in [0.2, 0.25) is 0 Å². The molecule has 0 aromatic heterocycles. The van der Waals surface area contributed by atoms with Crippen molar-refractivity contribution in [3.05, 3.63) is 101 Å². The average Bonchev–Trinajstić information content (AvgIpc) is 3.16.